The van der Waals surface area contributed by atoms with Crippen LogP contribution in [0.5, 0.6) is 0 Å². The van der Waals surface area contributed by atoms with Crippen molar-refractivity contribution in [3.05, 3.63) is 62.9 Å². The molecule has 0 aliphatic rings. The lowest BCUT2D eigenvalue weighted by atomic mass is 10.2. The summed E-state index contributed by atoms with van der Waals surface area (Å²) in [5, 5.41) is 6.60. The molecule has 1 aromatic rings. The van der Waals surface area contributed by atoms with E-state index in [-0.39, 0.29) is 0 Å². The Hall–Kier alpha value is -2.42. The minimum atomic E-state index is -0.819. The molecule has 0 aliphatic heterocycles. The third-order valence-corrected chi connectivity index (χ3v) is 1.60. The Balaban J connectivity index is 2.78. The first-order chi connectivity index (χ1) is 7.36. The fourth-order valence-corrected chi connectivity index (χ4v) is 0.967. The number of hydrogen-bond donors (Lipinski definition) is 0. The average molecular weight is 200 g/mol. The lowest BCUT2D eigenvalue weighted by Crippen LogP contribution is -1.90. The van der Waals surface area contributed by atoms with E-state index in [4.69, 9.17) is 11.1 Å². The number of azide groups is 1. The highest BCUT2D eigenvalue weighted by Crippen LogP contribution is 2.04. The van der Waals surface area contributed by atoms with Crippen LogP contribution < -0.4 is 0 Å². The molecule has 15 heavy (non-hydrogen) atoms. The van der Waals surface area contributed by atoms with Crippen LogP contribution in [0.25, 0.3) is 27.0 Å². The Kier molecular flexibility index (Phi) is 4.33. The van der Waals surface area contributed by atoms with E-state index in [1.807, 2.05) is 30.3 Å². The lowest BCUT2D eigenvalue weighted by Gasteiger charge is -1.94. The second-order valence-electron chi connectivity index (χ2n) is 2.59. The SMILES string of the molecule is [N-]=[N+]=NC(C=Cc1ccccc1)N=[N+]=[N-]. The van der Waals surface area contributed by atoms with E-state index in [2.05, 4.69) is 20.1 Å². The smallest absolute Gasteiger partial charge is 0.0805 e. The fourth-order valence-electron chi connectivity index (χ4n) is 0.967. The summed E-state index contributed by atoms with van der Waals surface area (Å²) >= 11 is 0. The summed E-state index contributed by atoms with van der Waals surface area (Å²) in [7, 11) is 0. The molecule has 0 aliphatic carbocycles. The molecule has 0 N–H and O–H groups in total. The molecular weight excluding hydrogens is 192 g/mol. The van der Waals surface area contributed by atoms with Gasteiger partial charge in [-0.05, 0) is 16.6 Å². The Morgan fingerprint density at radius 3 is 2.20 bits per heavy atom. The number of nitrogens with zero attached hydrogens (tertiary/aromatic N) is 6. The molecule has 0 bridgehead atoms. The molecule has 0 aromatic heterocycles. The van der Waals surface area contributed by atoms with E-state index in [0.29, 0.717) is 0 Å². The van der Waals surface area contributed by atoms with Crippen molar-refractivity contribution in [1.29, 1.82) is 0 Å². The van der Waals surface area contributed by atoms with Crippen molar-refractivity contribution in [3.8, 4) is 0 Å². The van der Waals surface area contributed by atoms with Crippen molar-refractivity contribution in [2.45, 2.75) is 6.17 Å². The summed E-state index contributed by atoms with van der Waals surface area (Å²) in [5.41, 5.74) is 17.4. The molecule has 0 saturated heterocycles. The molecular formula is C9H8N6. The van der Waals surface area contributed by atoms with E-state index in [0.717, 1.165) is 5.56 Å². The molecule has 0 amide bonds. The Morgan fingerprint density at radius 2 is 1.67 bits per heavy atom. The van der Waals surface area contributed by atoms with Gasteiger partial charge in [0, 0.05) is 9.82 Å². The molecule has 0 spiro atoms. The van der Waals surface area contributed by atoms with Crippen molar-refractivity contribution >= 4 is 6.08 Å². The molecule has 6 nitrogen and oxygen atoms in total. The first kappa shape index (κ1) is 10.7. The van der Waals surface area contributed by atoms with Gasteiger partial charge in [0.15, 0.2) is 0 Å². The summed E-state index contributed by atoms with van der Waals surface area (Å²) in [6.45, 7) is 0. The zero-order valence-corrected chi connectivity index (χ0v) is 7.80. The summed E-state index contributed by atoms with van der Waals surface area (Å²) in [6.07, 6.45) is 2.45. The second-order valence-corrected chi connectivity index (χ2v) is 2.59. The van der Waals surface area contributed by atoms with Crippen LogP contribution in [0.3, 0.4) is 0 Å². The number of benzene rings is 1. The maximum atomic E-state index is 8.20. The van der Waals surface area contributed by atoms with Crippen molar-refractivity contribution in [2.75, 3.05) is 0 Å². The molecule has 0 fully saturated rings. The molecule has 0 unspecified atom stereocenters. The molecule has 6 heteroatoms. The van der Waals surface area contributed by atoms with Gasteiger partial charge in [0.05, 0.1) is 0 Å². The standard InChI is InChI=1S/C9H8N6/c10-14-12-9(13-15-11)7-6-8-4-2-1-3-5-8/h1-7,9H. The van der Waals surface area contributed by atoms with Gasteiger partial charge in [0.2, 0.25) is 0 Å². The highest BCUT2D eigenvalue weighted by Gasteiger charge is 1.95. The van der Waals surface area contributed by atoms with Gasteiger partial charge in [-0.2, -0.15) is 0 Å². The van der Waals surface area contributed by atoms with Gasteiger partial charge in [-0.15, -0.1) is 0 Å². The third-order valence-electron chi connectivity index (χ3n) is 1.60. The Morgan fingerprint density at radius 1 is 1.07 bits per heavy atom. The maximum absolute atomic E-state index is 8.20. The largest absolute Gasteiger partial charge is 0.134 e. The molecule has 0 radical (unpaired) electrons. The van der Waals surface area contributed by atoms with Crippen LogP contribution in [0.1, 0.15) is 5.56 Å². The topological polar surface area (TPSA) is 97.5 Å². The summed E-state index contributed by atoms with van der Waals surface area (Å²) in [5.74, 6) is 0. The monoisotopic (exact) mass is 200 g/mol. The maximum Gasteiger partial charge on any atom is 0.134 e. The fraction of sp³-hybridized carbons (Fsp3) is 0.111. The van der Waals surface area contributed by atoms with Gasteiger partial charge in [-0.25, -0.2) is 0 Å². The third kappa shape index (κ3) is 3.87. The van der Waals surface area contributed by atoms with E-state index < -0.39 is 6.17 Å². The van der Waals surface area contributed by atoms with Crippen molar-refractivity contribution in [2.24, 2.45) is 10.2 Å². The molecule has 0 saturated carbocycles. The van der Waals surface area contributed by atoms with E-state index in [1.54, 1.807) is 6.08 Å². The van der Waals surface area contributed by atoms with Crippen LogP contribution in [0.2, 0.25) is 0 Å². The predicted octanol–water partition coefficient (Wildman–Crippen LogP) is 3.65. The van der Waals surface area contributed by atoms with Crippen molar-refractivity contribution < 1.29 is 0 Å². The van der Waals surface area contributed by atoms with Gasteiger partial charge in [0.1, 0.15) is 6.17 Å². The Labute approximate surface area is 86.1 Å². The van der Waals surface area contributed by atoms with Gasteiger partial charge in [-0.1, -0.05) is 52.7 Å². The minimum Gasteiger partial charge on any atom is -0.0805 e. The van der Waals surface area contributed by atoms with Crippen LogP contribution in [-0.2, 0) is 0 Å². The van der Waals surface area contributed by atoms with Gasteiger partial charge >= 0.3 is 0 Å². The highest BCUT2D eigenvalue weighted by atomic mass is 15.3. The van der Waals surface area contributed by atoms with Crippen molar-refractivity contribution in [3.63, 3.8) is 0 Å². The van der Waals surface area contributed by atoms with Crippen molar-refractivity contribution in [1.82, 2.24) is 0 Å². The molecule has 0 atom stereocenters. The predicted molar refractivity (Wildman–Crippen MR) is 57.6 cm³/mol. The lowest BCUT2D eigenvalue weighted by molar-refractivity contribution is 0.856. The van der Waals surface area contributed by atoms with Crippen LogP contribution in [0.15, 0.2) is 46.6 Å². The van der Waals surface area contributed by atoms with Crippen LogP contribution >= 0.6 is 0 Å². The summed E-state index contributed by atoms with van der Waals surface area (Å²) in [6, 6.07) is 9.45. The van der Waals surface area contributed by atoms with Gasteiger partial charge in [-0.3, -0.25) is 0 Å². The first-order valence-electron chi connectivity index (χ1n) is 4.18. The van der Waals surface area contributed by atoms with E-state index in [9.17, 15) is 0 Å². The Bertz CT molecular complexity index is 407. The normalized spacial score (nSPS) is 11.5. The minimum absolute atomic E-state index is 0.819. The zero-order chi connectivity index (χ0) is 10.9. The van der Waals surface area contributed by atoms with Crippen LogP contribution in [0.4, 0.5) is 0 Å². The zero-order valence-electron chi connectivity index (χ0n) is 7.80. The summed E-state index contributed by atoms with van der Waals surface area (Å²) < 4.78 is 0. The summed E-state index contributed by atoms with van der Waals surface area (Å²) in [4.78, 5) is 5.15. The number of hydrogen-bond acceptors (Lipinski definition) is 2. The highest BCUT2D eigenvalue weighted by molar-refractivity contribution is 5.49. The van der Waals surface area contributed by atoms with Gasteiger partial charge in [0.25, 0.3) is 0 Å². The molecule has 74 valence electrons. The average Bonchev–Trinajstić information content (AvgIpc) is 2.28. The van der Waals surface area contributed by atoms with E-state index in [1.165, 1.54) is 6.08 Å². The quantitative estimate of drug-likeness (QED) is 0.402. The second kappa shape index (κ2) is 6.10. The van der Waals surface area contributed by atoms with Gasteiger partial charge < -0.3 is 0 Å². The molecule has 1 aromatic carbocycles. The molecule has 1 rings (SSSR count). The first-order valence-corrected chi connectivity index (χ1v) is 4.18. The number of rotatable bonds is 4. The van der Waals surface area contributed by atoms with Crippen LogP contribution in [0, 0.1) is 0 Å². The van der Waals surface area contributed by atoms with Crippen LogP contribution in [-0.4, -0.2) is 6.17 Å². The van der Waals surface area contributed by atoms with E-state index >= 15 is 0 Å². The molecule has 0 heterocycles.